The lowest BCUT2D eigenvalue weighted by Crippen LogP contribution is -2.21. The second-order valence-corrected chi connectivity index (χ2v) is 3.59. The third-order valence-corrected chi connectivity index (χ3v) is 2.67. The van der Waals surface area contributed by atoms with Gasteiger partial charge in [0.25, 0.3) is 0 Å². The van der Waals surface area contributed by atoms with E-state index in [1.165, 1.54) is 0 Å². The highest BCUT2D eigenvalue weighted by Crippen LogP contribution is 2.35. The molecule has 16 heavy (non-hydrogen) atoms. The summed E-state index contributed by atoms with van der Waals surface area (Å²) in [6.45, 7) is 5.18. The van der Waals surface area contributed by atoms with Crippen LogP contribution in [0.4, 0.5) is 0 Å². The number of ether oxygens (including phenoxy) is 2. The standard InChI is InChI=1S/C13H21NO2/c1-5-10(14-6-2)13-11(15-3)8-7-9-12(13)16-4/h7-10,14H,5-6H2,1-4H3. The van der Waals surface area contributed by atoms with Crippen molar-refractivity contribution in [2.75, 3.05) is 20.8 Å². The Morgan fingerprint density at radius 3 is 2.06 bits per heavy atom. The van der Waals surface area contributed by atoms with Crippen LogP contribution in [-0.2, 0) is 0 Å². The van der Waals surface area contributed by atoms with Gasteiger partial charge in [-0.1, -0.05) is 19.9 Å². The normalized spacial score (nSPS) is 12.2. The Balaban J connectivity index is 3.14. The van der Waals surface area contributed by atoms with Crippen LogP contribution in [0.25, 0.3) is 0 Å². The van der Waals surface area contributed by atoms with E-state index in [1.54, 1.807) is 14.2 Å². The van der Waals surface area contributed by atoms with Crippen molar-refractivity contribution in [3.05, 3.63) is 23.8 Å². The molecule has 0 aliphatic rings. The Morgan fingerprint density at radius 2 is 1.69 bits per heavy atom. The predicted molar refractivity (Wildman–Crippen MR) is 66.3 cm³/mol. The van der Waals surface area contributed by atoms with Gasteiger partial charge in [-0.15, -0.1) is 0 Å². The largest absolute Gasteiger partial charge is 0.496 e. The van der Waals surface area contributed by atoms with Gasteiger partial charge >= 0.3 is 0 Å². The molecule has 1 atom stereocenters. The number of hydrogen-bond donors (Lipinski definition) is 1. The molecule has 3 nitrogen and oxygen atoms in total. The van der Waals surface area contributed by atoms with Crippen molar-refractivity contribution in [1.82, 2.24) is 5.32 Å². The zero-order chi connectivity index (χ0) is 12.0. The summed E-state index contributed by atoms with van der Waals surface area (Å²) < 4.78 is 10.8. The molecule has 1 aromatic rings. The summed E-state index contributed by atoms with van der Waals surface area (Å²) in [5.74, 6) is 1.76. The fourth-order valence-corrected chi connectivity index (χ4v) is 1.92. The zero-order valence-corrected chi connectivity index (χ0v) is 10.5. The Hall–Kier alpha value is -1.22. The lowest BCUT2D eigenvalue weighted by molar-refractivity contribution is 0.369. The first-order valence-corrected chi connectivity index (χ1v) is 5.72. The van der Waals surface area contributed by atoms with Crippen molar-refractivity contribution in [2.45, 2.75) is 26.3 Å². The van der Waals surface area contributed by atoms with Crippen LogP contribution < -0.4 is 14.8 Å². The molecule has 3 heteroatoms. The summed E-state index contributed by atoms with van der Waals surface area (Å²) >= 11 is 0. The van der Waals surface area contributed by atoms with E-state index in [-0.39, 0.29) is 6.04 Å². The maximum atomic E-state index is 5.40. The quantitative estimate of drug-likeness (QED) is 0.804. The van der Waals surface area contributed by atoms with Crippen LogP contribution in [-0.4, -0.2) is 20.8 Å². The van der Waals surface area contributed by atoms with Crippen molar-refractivity contribution in [3.63, 3.8) is 0 Å². The second kappa shape index (κ2) is 6.38. The molecule has 0 amide bonds. The summed E-state index contributed by atoms with van der Waals surface area (Å²) in [5.41, 5.74) is 1.11. The summed E-state index contributed by atoms with van der Waals surface area (Å²) in [5, 5.41) is 3.44. The molecular weight excluding hydrogens is 202 g/mol. The molecule has 0 fully saturated rings. The Kier molecular flexibility index (Phi) is 5.12. The van der Waals surface area contributed by atoms with Crippen LogP contribution in [0.5, 0.6) is 11.5 Å². The minimum absolute atomic E-state index is 0.274. The van der Waals surface area contributed by atoms with Gasteiger partial charge in [0.05, 0.1) is 19.8 Å². The van der Waals surface area contributed by atoms with E-state index in [0.717, 1.165) is 30.0 Å². The molecule has 0 saturated heterocycles. The van der Waals surface area contributed by atoms with E-state index in [2.05, 4.69) is 19.2 Å². The molecular formula is C13H21NO2. The third kappa shape index (κ3) is 2.67. The van der Waals surface area contributed by atoms with Gasteiger partial charge < -0.3 is 14.8 Å². The van der Waals surface area contributed by atoms with Gasteiger partial charge in [-0.2, -0.15) is 0 Å². The van der Waals surface area contributed by atoms with Crippen LogP contribution in [0, 0.1) is 0 Å². The molecule has 1 aromatic carbocycles. The van der Waals surface area contributed by atoms with Crippen LogP contribution in [0.1, 0.15) is 31.9 Å². The van der Waals surface area contributed by atoms with E-state index in [4.69, 9.17) is 9.47 Å². The molecule has 0 saturated carbocycles. The van der Waals surface area contributed by atoms with E-state index < -0.39 is 0 Å². The van der Waals surface area contributed by atoms with E-state index >= 15 is 0 Å². The van der Waals surface area contributed by atoms with Crippen molar-refractivity contribution >= 4 is 0 Å². The van der Waals surface area contributed by atoms with Crippen LogP contribution >= 0.6 is 0 Å². The number of hydrogen-bond acceptors (Lipinski definition) is 3. The van der Waals surface area contributed by atoms with Gasteiger partial charge in [0.15, 0.2) is 0 Å². The molecule has 0 aliphatic heterocycles. The molecule has 0 aliphatic carbocycles. The summed E-state index contributed by atoms with van der Waals surface area (Å²) in [6.07, 6.45) is 1.00. The average Bonchev–Trinajstić information content (AvgIpc) is 2.35. The molecule has 0 radical (unpaired) electrons. The topological polar surface area (TPSA) is 30.5 Å². The lowest BCUT2D eigenvalue weighted by atomic mass is 10.0. The van der Waals surface area contributed by atoms with Gasteiger partial charge in [-0.05, 0) is 25.1 Å². The van der Waals surface area contributed by atoms with Crippen molar-refractivity contribution in [1.29, 1.82) is 0 Å². The minimum atomic E-state index is 0.274. The Labute approximate surface area is 97.8 Å². The van der Waals surface area contributed by atoms with E-state index in [1.807, 2.05) is 18.2 Å². The number of rotatable bonds is 6. The highest BCUT2D eigenvalue weighted by atomic mass is 16.5. The molecule has 0 aromatic heterocycles. The highest BCUT2D eigenvalue weighted by molar-refractivity contribution is 5.46. The first-order valence-electron chi connectivity index (χ1n) is 5.72. The monoisotopic (exact) mass is 223 g/mol. The Bertz CT molecular complexity index is 303. The SMILES string of the molecule is CCNC(CC)c1c(OC)cccc1OC. The summed E-state index contributed by atoms with van der Waals surface area (Å²) in [4.78, 5) is 0. The molecule has 0 bridgehead atoms. The smallest absolute Gasteiger partial charge is 0.127 e. The van der Waals surface area contributed by atoms with E-state index in [0.29, 0.717) is 0 Å². The van der Waals surface area contributed by atoms with Crippen LogP contribution in [0.3, 0.4) is 0 Å². The Morgan fingerprint density at radius 1 is 1.12 bits per heavy atom. The molecule has 0 spiro atoms. The third-order valence-electron chi connectivity index (χ3n) is 2.67. The number of nitrogens with one attached hydrogen (secondary N) is 1. The predicted octanol–water partition coefficient (Wildman–Crippen LogP) is 2.76. The van der Waals surface area contributed by atoms with Gasteiger partial charge in [-0.25, -0.2) is 0 Å². The average molecular weight is 223 g/mol. The molecule has 90 valence electrons. The molecule has 1 rings (SSSR count). The summed E-state index contributed by atoms with van der Waals surface area (Å²) in [6, 6.07) is 6.16. The van der Waals surface area contributed by atoms with Gasteiger partial charge in [-0.3, -0.25) is 0 Å². The van der Waals surface area contributed by atoms with Gasteiger partial charge in [0.2, 0.25) is 0 Å². The molecule has 1 N–H and O–H groups in total. The highest BCUT2D eigenvalue weighted by Gasteiger charge is 2.18. The van der Waals surface area contributed by atoms with Crippen molar-refractivity contribution < 1.29 is 9.47 Å². The van der Waals surface area contributed by atoms with Crippen LogP contribution in [0.2, 0.25) is 0 Å². The number of methoxy groups -OCH3 is 2. The van der Waals surface area contributed by atoms with Gasteiger partial charge in [0.1, 0.15) is 11.5 Å². The first kappa shape index (κ1) is 12.8. The maximum Gasteiger partial charge on any atom is 0.127 e. The van der Waals surface area contributed by atoms with Gasteiger partial charge in [0, 0.05) is 6.04 Å². The number of benzene rings is 1. The van der Waals surface area contributed by atoms with Crippen molar-refractivity contribution in [3.8, 4) is 11.5 Å². The lowest BCUT2D eigenvalue weighted by Gasteiger charge is -2.21. The fraction of sp³-hybridized carbons (Fsp3) is 0.538. The van der Waals surface area contributed by atoms with E-state index in [9.17, 15) is 0 Å². The molecule has 0 heterocycles. The zero-order valence-electron chi connectivity index (χ0n) is 10.5. The minimum Gasteiger partial charge on any atom is -0.496 e. The van der Waals surface area contributed by atoms with Crippen LogP contribution in [0.15, 0.2) is 18.2 Å². The molecule has 1 unspecified atom stereocenters. The first-order chi connectivity index (χ1) is 7.78. The fourth-order valence-electron chi connectivity index (χ4n) is 1.92. The summed E-state index contributed by atoms with van der Waals surface area (Å²) in [7, 11) is 3.38. The maximum absolute atomic E-state index is 5.40. The van der Waals surface area contributed by atoms with Crippen molar-refractivity contribution in [2.24, 2.45) is 0 Å². The second-order valence-electron chi connectivity index (χ2n) is 3.59.